The molecule has 14 nitrogen and oxygen atoms in total. The zero-order valence-electron chi connectivity index (χ0n) is 22.0. The number of carbonyl (C=O) groups excluding carboxylic acids is 3. The lowest BCUT2D eigenvalue weighted by molar-refractivity contribution is -0.142. The molecule has 0 spiro atoms. The number of nitrogens with one attached hydrogen (secondary N) is 3. The van der Waals surface area contributed by atoms with Gasteiger partial charge < -0.3 is 43.4 Å². The largest absolute Gasteiger partial charge is 0.481 e. The predicted molar refractivity (Wildman–Crippen MR) is 137 cm³/mol. The normalized spacial score (nSPS) is 15.0. The number of nitrogens with zero attached hydrogens (tertiary/aromatic N) is 1. The monoisotopic (exact) mass is 529 g/mol. The van der Waals surface area contributed by atoms with E-state index in [0.29, 0.717) is 6.42 Å². The van der Waals surface area contributed by atoms with Gasteiger partial charge in [-0.1, -0.05) is 34.1 Å². The van der Waals surface area contributed by atoms with Crippen molar-refractivity contribution in [2.45, 2.75) is 90.4 Å². The van der Waals surface area contributed by atoms with Crippen molar-refractivity contribution in [3.05, 3.63) is 0 Å². The Labute approximate surface area is 217 Å². The van der Waals surface area contributed by atoms with E-state index < -0.39 is 60.2 Å². The van der Waals surface area contributed by atoms with Crippen molar-refractivity contribution in [1.82, 2.24) is 16.0 Å². The van der Waals surface area contributed by atoms with Crippen molar-refractivity contribution in [1.29, 1.82) is 0 Å². The molecule has 0 aliphatic rings. The molecule has 0 saturated heterocycles. The average Bonchev–Trinajstić information content (AvgIpc) is 2.80. The first kappa shape index (κ1) is 33.6. The van der Waals surface area contributed by atoms with Crippen LogP contribution < -0.4 is 33.2 Å². The highest BCUT2D eigenvalue weighted by atomic mass is 16.4. The molecule has 0 rings (SSSR count). The lowest BCUT2D eigenvalue weighted by Gasteiger charge is -2.26. The first-order valence-electron chi connectivity index (χ1n) is 12.4. The Morgan fingerprint density at radius 3 is 1.81 bits per heavy atom. The zero-order valence-corrected chi connectivity index (χ0v) is 22.0. The summed E-state index contributed by atoms with van der Waals surface area (Å²) in [6, 6.07) is -4.57. The summed E-state index contributed by atoms with van der Waals surface area (Å²) < 4.78 is 0. The van der Waals surface area contributed by atoms with Crippen LogP contribution in [0.4, 0.5) is 0 Å². The number of carboxylic acid groups (broad SMARTS) is 2. The van der Waals surface area contributed by atoms with Gasteiger partial charge in [0.25, 0.3) is 0 Å². The van der Waals surface area contributed by atoms with Crippen LogP contribution in [0.5, 0.6) is 0 Å². The highest BCUT2D eigenvalue weighted by molar-refractivity contribution is 5.94. The minimum Gasteiger partial charge on any atom is -0.481 e. The molecule has 0 fully saturated rings. The molecule has 0 aromatic rings. The molecule has 5 unspecified atom stereocenters. The van der Waals surface area contributed by atoms with E-state index >= 15 is 0 Å². The molecule has 0 aliphatic carbocycles. The van der Waals surface area contributed by atoms with Gasteiger partial charge in [0.2, 0.25) is 17.7 Å². The number of carbonyl (C=O) groups is 5. The number of carboxylic acids is 2. The molecule has 0 radical (unpaired) electrons. The molecule has 0 aliphatic heterocycles. The molecule has 212 valence electrons. The molecule has 0 heterocycles. The molecule has 0 bridgehead atoms. The topological polar surface area (TPSA) is 252 Å². The first-order chi connectivity index (χ1) is 17.2. The molecule has 11 N–H and O–H groups in total. The van der Waals surface area contributed by atoms with Gasteiger partial charge in [-0.25, -0.2) is 4.79 Å². The van der Waals surface area contributed by atoms with E-state index in [1.807, 2.05) is 6.92 Å². The Hall–Kier alpha value is -3.42. The lowest BCUT2D eigenvalue weighted by Crippen LogP contribution is -2.57. The van der Waals surface area contributed by atoms with Crippen LogP contribution in [0.1, 0.15) is 66.2 Å². The molecular formula is C23H43N7O7. The number of amides is 3. The van der Waals surface area contributed by atoms with Gasteiger partial charge in [-0.05, 0) is 37.5 Å². The maximum atomic E-state index is 13.1. The van der Waals surface area contributed by atoms with Crippen LogP contribution in [-0.2, 0) is 24.0 Å². The van der Waals surface area contributed by atoms with Crippen LogP contribution in [0.15, 0.2) is 4.99 Å². The summed E-state index contributed by atoms with van der Waals surface area (Å²) in [4.78, 5) is 65.2. The minimum absolute atomic E-state index is 0.0263. The van der Waals surface area contributed by atoms with Crippen LogP contribution in [0.25, 0.3) is 0 Å². The van der Waals surface area contributed by atoms with E-state index in [1.165, 1.54) is 0 Å². The molecule has 3 amide bonds. The third-order valence-electron chi connectivity index (χ3n) is 5.74. The number of aliphatic imine (C=N–C) groups is 1. The van der Waals surface area contributed by atoms with Crippen LogP contribution in [-0.4, -0.2) is 76.5 Å². The Balaban J connectivity index is 5.74. The van der Waals surface area contributed by atoms with Crippen LogP contribution >= 0.6 is 0 Å². The van der Waals surface area contributed by atoms with Crippen molar-refractivity contribution in [3.8, 4) is 0 Å². The summed E-state index contributed by atoms with van der Waals surface area (Å²) in [5, 5.41) is 26.0. The molecule has 5 atom stereocenters. The fourth-order valence-electron chi connectivity index (χ4n) is 3.33. The van der Waals surface area contributed by atoms with Gasteiger partial charge >= 0.3 is 11.9 Å². The lowest BCUT2D eigenvalue weighted by atomic mass is 9.98. The standard InChI is InChI=1S/C23H43N7O7/c1-5-13(4)18(24)21(35)29-15(8-9-17(31)32)20(34)28-14(7-6-10-27-23(25)26)19(33)30-16(22(36)37)11-12(2)3/h12-16,18H,5-11,24H2,1-4H3,(H,28,34)(H,29,35)(H,30,33)(H,31,32)(H,36,37)(H4,25,26,27). The zero-order chi connectivity index (χ0) is 28.7. The quantitative estimate of drug-likeness (QED) is 0.0601. The Morgan fingerprint density at radius 2 is 1.35 bits per heavy atom. The maximum absolute atomic E-state index is 13.1. The summed E-state index contributed by atoms with van der Waals surface area (Å²) in [6.07, 6.45) is 0.430. The average molecular weight is 530 g/mol. The number of guanidine groups is 1. The van der Waals surface area contributed by atoms with Crippen molar-refractivity contribution in [2.24, 2.45) is 34.0 Å². The Morgan fingerprint density at radius 1 is 0.838 bits per heavy atom. The SMILES string of the molecule is CCC(C)C(N)C(=O)NC(CCC(=O)O)C(=O)NC(CCCN=C(N)N)C(=O)NC(CC(C)C)C(=O)O. The summed E-state index contributed by atoms with van der Waals surface area (Å²) in [5.74, 6) is -4.94. The number of aliphatic carboxylic acids is 2. The molecule has 37 heavy (non-hydrogen) atoms. The van der Waals surface area contributed by atoms with E-state index in [4.69, 9.17) is 22.3 Å². The van der Waals surface area contributed by atoms with E-state index in [2.05, 4.69) is 20.9 Å². The summed E-state index contributed by atoms with van der Waals surface area (Å²) >= 11 is 0. The molecule has 0 aromatic heterocycles. The second-order valence-electron chi connectivity index (χ2n) is 9.44. The van der Waals surface area contributed by atoms with Gasteiger partial charge in [-0.2, -0.15) is 0 Å². The molecular weight excluding hydrogens is 486 g/mol. The predicted octanol–water partition coefficient (Wildman–Crippen LogP) is -1.14. The minimum atomic E-state index is -1.28. The van der Waals surface area contributed by atoms with Crippen molar-refractivity contribution < 1.29 is 34.2 Å². The van der Waals surface area contributed by atoms with Gasteiger partial charge in [-0.15, -0.1) is 0 Å². The number of nitrogens with two attached hydrogens (primary N) is 3. The third-order valence-corrected chi connectivity index (χ3v) is 5.74. The van der Waals surface area contributed by atoms with Crippen LogP contribution in [0.3, 0.4) is 0 Å². The summed E-state index contributed by atoms with van der Waals surface area (Å²) in [7, 11) is 0. The number of hydrogen-bond donors (Lipinski definition) is 8. The highest BCUT2D eigenvalue weighted by Crippen LogP contribution is 2.09. The summed E-state index contributed by atoms with van der Waals surface area (Å²) in [6.45, 7) is 7.37. The molecule has 0 aromatic carbocycles. The van der Waals surface area contributed by atoms with Gasteiger partial charge in [-0.3, -0.25) is 24.2 Å². The third kappa shape index (κ3) is 14.0. The summed E-state index contributed by atoms with van der Waals surface area (Å²) in [5.41, 5.74) is 16.6. The fraction of sp³-hybridized carbons (Fsp3) is 0.739. The Kier molecular flexibility index (Phi) is 15.5. The van der Waals surface area contributed by atoms with Crippen molar-refractivity contribution in [2.75, 3.05) is 6.54 Å². The molecule has 14 heteroatoms. The van der Waals surface area contributed by atoms with Crippen molar-refractivity contribution >= 4 is 35.6 Å². The first-order valence-corrected chi connectivity index (χ1v) is 12.4. The van der Waals surface area contributed by atoms with Crippen LogP contribution in [0, 0.1) is 11.8 Å². The van der Waals surface area contributed by atoms with E-state index in [1.54, 1.807) is 20.8 Å². The fourth-order valence-corrected chi connectivity index (χ4v) is 3.33. The smallest absolute Gasteiger partial charge is 0.326 e. The van der Waals surface area contributed by atoms with Gasteiger partial charge in [0.1, 0.15) is 18.1 Å². The van der Waals surface area contributed by atoms with Gasteiger partial charge in [0.05, 0.1) is 6.04 Å². The Bertz CT molecular complexity index is 815. The van der Waals surface area contributed by atoms with Crippen molar-refractivity contribution in [3.63, 3.8) is 0 Å². The van der Waals surface area contributed by atoms with Crippen LogP contribution in [0.2, 0.25) is 0 Å². The van der Waals surface area contributed by atoms with E-state index in [0.717, 1.165) is 0 Å². The molecule has 0 saturated carbocycles. The maximum Gasteiger partial charge on any atom is 0.326 e. The van der Waals surface area contributed by atoms with E-state index in [-0.39, 0.29) is 50.0 Å². The second-order valence-corrected chi connectivity index (χ2v) is 9.44. The van der Waals surface area contributed by atoms with Gasteiger partial charge in [0.15, 0.2) is 5.96 Å². The number of hydrogen-bond acceptors (Lipinski definition) is 7. The highest BCUT2D eigenvalue weighted by Gasteiger charge is 2.31. The number of rotatable bonds is 18. The second kappa shape index (κ2) is 17.1. The van der Waals surface area contributed by atoms with E-state index in [9.17, 15) is 29.1 Å². The van der Waals surface area contributed by atoms with Gasteiger partial charge in [0, 0.05) is 13.0 Å².